The molecule has 19 heavy (non-hydrogen) atoms. The fourth-order valence-corrected chi connectivity index (χ4v) is 2.28. The first-order valence-electron chi connectivity index (χ1n) is 6.60. The van der Waals surface area contributed by atoms with Crippen LogP contribution in [0.3, 0.4) is 0 Å². The second-order valence-electron chi connectivity index (χ2n) is 4.95. The van der Waals surface area contributed by atoms with Gasteiger partial charge >= 0.3 is 0 Å². The maximum atomic E-state index is 11.5. The monoisotopic (exact) mass is 259 g/mol. The van der Waals surface area contributed by atoms with Crippen molar-refractivity contribution >= 4 is 16.8 Å². The molecule has 4 heteroatoms. The highest BCUT2D eigenvalue weighted by atomic mass is 16.2. The molecule has 0 fully saturated rings. The number of carbonyl (C=O) groups excluding carboxylic acids is 1. The third-order valence-corrected chi connectivity index (χ3v) is 3.41. The molecule has 0 bridgehead atoms. The summed E-state index contributed by atoms with van der Waals surface area (Å²) in [5.41, 5.74) is 8.10. The molecule has 0 spiro atoms. The first kappa shape index (κ1) is 13.6. The lowest BCUT2D eigenvalue weighted by Gasteiger charge is -2.10. The normalized spacial score (nSPS) is 10.9. The minimum absolute atomic E-state index is 0.180. The van der Waals surface area contributed by atoms with Crippen LogP contribution in [-0.4, -0.2) is 29.5 Å². The fraction of sp³-hybridized carbons (Fsp3) is 0.400. The van der Waals surface area contributed by atoms with Crippen molar-refractivity contribution in [3.05, 3.63) is 36.0 Å². The molecule has 0 aliphatic carbocycles. The molecule has 0 saturated heterocycles. The number of hydrogen-bond donors (Lipinski definition) is 1. The van der Waals surface area contributed by atoms with Crippen LogP contribution in [0.15, 0.2) is 30.5 Å². The summed E-state index contributed by atoms with van der Waals surface area (Å²) in [6.07, 6.45) is 3.51. The summed E-state index contributed by atoms with van der Waals surface area (Å²) < 4.78 is 2.19. The van der Waals surface area contributed by atoms with Gasteiger partial charge in [0, 0.05) is 50.7 Å². The summed E-state index contributed by atoms with van der Waals surface area (Å²) in [6.45, 7) is 1.41. The molecule has 2 rings (SSSR count). The van der Waals surface area contributed by atoms with Crippen LogP contribution in [0.2, 0.25) is 0 Å². The van der Waals surface area contributed by atoms with E-state index in [0.717, 1.165) is 13.0 Å². The number of fused-ring (bicyclic) bond motifs is 1. The van der Waals surface area contributed by atoms with Gasteiger partial charge in [0.1, 0.15) is 0 Å². The van der Waals surface area contributed by atoms with Crippen molar-refractivity contribution in [2.45, 2.75) is 25.9 Å². The highest BCUT2D eigenvalue weighted by Gasteiger charge is 2.06. The predicted octanol–water partition coefficient (Wildman–Crippen LogP) is 1.97. The van der Waals surface area contributed by atoms with Gasteiger partial charge in [-0.1, -0.05) is 12.1 Å². The van der Waals surface area contributed by atoms with Crippen LogP contribution in [0.25, 0.3) is 10.9 Å². The van der Waals surface area contributed by atoms with Crippen LogP contribution >= 0.6 is 0 Å². The van der Waals surface area contributed by atoms with Gasteiger partial charge in [0.25, 0.3) is 0 Å². The Morgan fingerprint density at radius 1 is 1.32 bits per heavy atom. The molecule has 0 aliphatic heterocycles. The summed E-state index contributed by atoms with van der Waals surface area (Å²) in [5.74, 6) is 0.180. The number of rotatable bonds is 5. The summed E-state index contributed by atoms with van der Waals surface area (Å²) in [4.78, 5) is 13.2. The van der Waals surface area contributed by atoms with E-state index in [-0.39, 0.29) is 5.91 Å². The van der Waals surface area contributed by atoms with E-state index in [1.54, 1.807) is 19.0 Å². The second kappa shape index (κ2) is 5.89. The summed E-state index contributed by atoms with van der Waals surface area (Å²) >= 11 is 0. The minimum Gasteiger partial charge on any atom is -0.349 e. The number of nitrogens with two attached hydrogens (primary N) is 1. The van der Waals surface area contributed by atoms with Crippen molar-refractivity contribution < 1.29 is 4.79 Å². The van der Waals surface area contributed by atoms with Crippen molar-refractivity contribution in [2.24, 2.45) is 5.73 Å². The smallest absolute Gasteiger partial charge is 0.222 e. The molecular weight excluding hydrogens is 238 g/mol. The van der Waals surface area contributed by atoms with Gasteiger partial charge in [-0.05, 0) is 24.1 Å². The van der Waals surface area contributed by atoms with E-state index in [2.05, 4.69) is 29.0 Å². The number of amides is 1. The van der Waals surface area contributed by atoms with Crippen LogP contribution in [-0.2, 0) is 17.9 Å². The van der Waals surface area contributed by atoms with Crippen LogP contribution in [0.4, 0.5) is 0 Å². The van der Waals surface area contributed by atoms with E-state index in [4.69, 9.17) is 5.73 Å². The molecule has 0 radical (unpaired) electrons. The maximum Gasteiger partial charge on any atom is 0.222 e. The average Bonchev–Trinajstić information content (AvgIpc) is 2.81. The molecule has 0 unspecified atom stereocenters. The van der Waals surface area contributed by atoms with Crippen LogP contribution < -0.4 is 5.73 Å². The summed E-state index contributed by atoms with van der Waals surface area (Å²) in [7, 11) is 3.59. The Hall–Kier alpha value is -1.81. The largest absolute Gasteiger partial charge is 0.349 e. The molecule has 1 amide bonds. The average molecular weight is 259 g/mol. The van der Waals surface area contributed by atoms with Gasteiger partial charge in [-0.3, -0.25) is 4.79 Å². The van der Waals surface area contributed by atoms with Gasteiger partial charge in [-0.2, -0.15) is 0 Å². The summed E-state index contributed by atoms with van der Waals surface area (Å²) in [6, 6.07) is 8.29. The zero-order valence-corrected chi connectivity index (χ0v) is 11.6. The molecule has 0 saturated carbocycles. The fourth-order valence-electron chi connectivity index (χ4n) is 2.28. The molecule has 4 nitrogen and oxygen atoms in total. The zero-order chi connectivity index (χ0) is 13.8. The Bertz CT molecular complexity index is 572. The minimum atomic E-state index is 0.180. The highest BCUT2D eigenvalue weighted by molar-refractivity contribution is 5.83. The highest BCUT2D eigenvalue weighted by Crippen LogP contribution is 2.20. The van der Waals surface area contributed by atoms with Gasteiger partial charge < -0.3 is 15.2 Å². The quantitative estimate of drug-likeness (QED) is 0.892. The van der Waals surface area contributed by atoms with Crippen LogP contribution in [0.1, 0.15) is 18.4 Å². The van der Waals surface area contributed by atoms with Gasteiger partial charge in [0.15, 0.2) is 0 Å². The van der Waals surface area contributed by atoms with E-state index in [9.17, 15) is 4.79 Å². The van der Waals surface area contributed by atoms with Gasteiger partial charge in [-0.25, -0.2) is 0 Å². The standard InChI is InChI=1S/C15H21N3O/c1-17(2)15(19)7-4-9-18-10-8-13-12(11-16)5-3-6-14(13)18/h3,5-6,8,10H,4,7,9,11,16H2,1-2H3. The van der Waals surface area contributed by atoms with E-state index in [1.165, 1.54) is 16.5 Å². The van der Waals surface area contributed by atoms with Crippen molar-refractivity contribution in [1.82, 2.24) is 9.47 Å². The maximum absolute atomic E-state index is 11.5. The van der Waals surface area contributed by atoms with Gasteiger partial charge in [0.05, 0.1) is 0 Å². The van der Waals surface area contributed by atoms with Crippen LogP contribution in [0, 0.1) is 0 Å². The first-order chi connectivity index (χ1) is 9.13. The number of benzene rings is 1. The van der Waals surface area contributed by atoms with Crippen LogP contribution in [0.5, 0.6) is 0 Å². The Balaban J connectivity index is 2.08. The molecule has 0 atom stereocenters. The number of hydrogen-bond acceptors (Lipinski definition) is 2. The topological polar surface area (TPSA) is 51.3 Å². The number of nitrogens with zero attached hydrogens (tertiary/aromatic N) is 2. The molecule has 2 N–H and O–H groups in total. The lowest BCUT2D eigenvalue weighted by atomic mass is 10.1. The van der Waals surface area contributed by atoms with Gasteiger partial charge in [-0.15, -0.1) is 0 Å². The number of carbonyl (C=O) groups is 1. The molecule has 1 aromatic heterocycles. The van der Waals surface area contributed by atoms with Crippen molar-refractivity contribution in [3.8, 4) is 0 Å². The first-order valence-corrected chi connectivity index (χ1v) is 6.60. The summed E-state index contributed by atoms with van der Waals surface area (Å²) in [5, 5.41) is 1.21. The Morgan fingerprint density at radius 2 is 2.11 bits per heavy atom. The van der Waals surface area contributed by atoms with E-state index < -0.39 is 0 Å². The number of aryl methyl sites for hydroxylation is 1. The SMILES string of the molecule is CN(C)C(=O)CCCn1ccc2c(CN)cccc21. The molecule has 1 aromatic carbocycles. The van der Waals surface area contributed by atoms with Gasteiger partial charge in [0.2, 0.25) is 5.91 Å². The Labute approximate surface area is 113 Å². The molecule has 2 aromatic rings. The zero-order valence-electron chi connectivity index (χ0n) is 11.6. The lowest BCUT2D eigenvalue weighted by molar-refractivity contribution is -0.128. The van der Waals surface area contributed by atoms with Crippen molar-refractivity contribution in [3.63, 3.8) is 0 Å². The Kier molecular flexibility index (Phi) is 4.22. The van der Waals surface area contributed by atoms with Crippen molar-refractivity contribution in [2.75, 3.05) is 14.1 Å². The third-order valence-electron chi connectivity index (χ3n) is 3.41. The molecular formula is C15H21N3O. The molecule has 0 aliphatic rings. The van der Waals surface area contributed by atoms with Crippen molar-refractivity contribution in [1.29, 1.82) is 0 Å². The molecule has 102 valence electrons. The number of aromatic nitrogens is 1. The lowest BCUT2D eigenvalue weighted by Crippen LogP contribution is -2.21. The molecule has 1 heterocycles. The third kappa shape index (κ3) is 2.96. The van der Waals surface area contributed by atoms with E-state index in [1.807, 2.05) is 6.07 Å². The second-order valence-corrected chi connectivity index (χ2v) is 4.95. The van der Waals surface area contributed by atoms with E-state index >= 15 is 0 Å². The predicted molar refractivity (Wildman–Crippen MR) is 77.8 cm³/mol. The van der Waals surface area contributed by atoms with E-state index in [0.29, 0.717) is 13.0 Å². The Morgan fingerprint density at radius 3 is 2.79 bits per heavy atom.